The molecule has 126 valence electrons. The van der Waals surface area contributed by atoms with Crippen LogP contribution in [0.15, 0.2) is 30.3 Å². The van der Waals surface area contributed by atoms with Crippen molar-refractivity contribution in [3.63, 3.8) is 0 Å². The van der Waals surface area contributed by atoms with Crippen LogP contribution in [0.3, 0.4) is 0 Å². The number of hydrogen-bond acceptors (Lipinski definition) is 4. The number of nitrogens with one attached hydrogen (secondary N) is 1. The number of nitrogens with zero attached hydrogens (tertiary/aromatic N) is 3. The van der Waals surface area contributed by atoms with Crippen LogP contribution in [0.2, 0.25) is 0 Å². The van der Waals surface area contributed by atoms with Crippen LogP contribution in [0.4, 0.5) is 13.2 Å². The first kappa shape index (κ1) is 16.9. The van der Waals surface area contributed by atoms with E-state index >= 15 is 0 Å². The number of halogens is 3. The Bertz CT molecular complexity index is 976. The van der Waals surface area contributed by atoms with Gasteiger partial charge in [0, 0.05) is 4.88 Å². The quantitative estimate of drug-likeness (QED) is 0.722. The van der Waals surface area contributed by atoms with E-state index in [-0.39, 0.29) is 5.69 Å². The van der Waals surface area contributed by atoms with Gasteiger partial charge in [-0.3, -0.25) is 0 Å². The van der Waals surface area contributed by atoms with Crippen LogP contribution in [0, 0.1) is 18.3 Å². The average Bonchev–Trinajstić information content (AvgIpc) is 3.18. The molecule has 0 radical (unpaired) electrons. The van der Waals surface area contributed by atoms with Crippen LogP contribution in [-0.4, -0.2) is 15.4 Å². The first-order valence-electron chi connectivity index (χ1n) is 7.15. The molecule has 0 saturated carbocycles. The monoisotopic (exact) mass is 360 g/mol. The van der Waals surface area contributed by atoms with Gasteiger partial charge in [-0.05, 0) is 42.3 Å². The number of H-pyrrole nitrogens is 1. The summed E-state index contributed by atoms with van der Waals surface area (Å²) >= 11 is 1.39. The van der Waals surface area contributed by atoms with Crippen molar-refractivity contribution in [1.82, 2.24) is 15.4 Å². The Balaban J connectivity index is 1.89. The molecule has 0 aliphatic carbocycles. The van der Waals surface area contributed by atoms with Crippen LogP contribution >= 0.6 is 11.3 Å². The summed E-state index contributed by atoms with van der Waals surface area (Å²) < 4.78 is 38.3. The summed E-state index contributed by atoms with van der Waals surface area (Å²) in [7, 11) is 0. The van der Waals surface area contributed by atoms with Crippen LogP contribution in [0.25, 0.3) is 22.7 Å². The lowest BCUT2D eigenvalue weighted by Crippen LogP contribution is -2.04. The second-order valence-corrected chi connectivity index (χ2v) is 6.33. The lowest BCUT2D eigenvalue weighted by molar-refractivity contribution is -0.137. The first-order chi connectivity index (χ1) is 11.9. The van der Waals surface area contributed by atoms with E-state index in [0.29, 0.717) is 11.3 Å². The summed E-state index contributed by atoms with van der Waals surface area (Å²) in [5.74, 6) is 0. The Hall–Kier alpha value is -2.92. The molecule has 3 aromatic rings. The van der Waals surface area contributed by atoms with Gasteiger partial charge >= 0.3 is 6.18 Å². The Morgan fingerprint density at radius 2 is 2.00 bits per heavy atom. The molecule has 1 aromatic carbocycles. The van der Waals surface area contributed by atoms with Gasteiger partial charge in [0.1, 0.15) is 11.8 Å². The number of thiophene rings is 1. The zero-order valence-electron chi connectivity index (χ0n) is 12.9. The summed E-state index contributed by atoms with van der Waals surface area (Å²) in [6.45, 7) is 1.89. The zero-order chi connectivity index (χ0) is 18.0. The number of benzene rings is 1. The third-order valence-electron chi connectivity index (χ3n) is 3.48. The maximum absolute atomic E-state index is 12.8. The summed E-state index contributed by atoms with van der Waals surface area (Å²) in [4.78, 5) is 1.64. The molecule has 0 amide bonds. The number of aryl methyl sites for hydroxylation is 1. The van der Waals surface area contributed by atoms with Crippen molar-refractivity contribution >= 4 is 23.5 Å². The molecule has 0 saturated heterocycles. The van der Waals surface area contributed by atoms with E-state index in [1.54, 1.807) is 18.2 Å². The molecule has 8 heteroatoms. The molecule has 2 heterocycles. The summed E-state index contributed by atoms with van der Waals surface area (Å²) in [5.41, 5.74) is 1.39. The molecule has 0 fully saturated rings. The summed E-state index contributed by atoms with van der Waals surface area (Å²) in [6, 6.07) is 8.96. The van der Waals surface area contributed by atoms with Crippen molar-refractivity contribution in [2.24, 2.45) is 0 Å². The molecule has 0 bridgehead atoms. The maximum atomic E-state index is 12.8. The van der Waals surface area contributed by atoms with Crippen molar-refractivity contribution in [3.8, 4) is 16.6 Å². The highest BCUT2D eigenvalue weighted by atomic mass is 32.1. The van der Waals surface area contributed by atoms with E-state index in [4.69, 9.17) is 5.26 Å². The van der Waals surface area contributed by atoms with E-state index in [1.165, 1.54) is 17.4 Å². The van der Waals surface area contributed by atoms with Gasteiger partial charge in [0.2, 0.25) is 0 Å². The van der Waals surface area contributed by atoms with Gasteiger partial charge in [-0.25, -0.2) is 0 Å². The smallest absolute Gasteiger partial charge is 0.196 e. The maximum Gasteiger partial charge on any atom is 0.416 e. The number of aromatic amines is 1. The SMILES string of the molecule is Cc1cc(-c2n[nH]nc2C#N)sc1/C=C/c1cccc(C(F)(F)F)c1. The minimum Gasteiger partial charge on any atom is -0.196 e. The molecule has 2 aromatic heterocycles. The molecule has 0 aliphatic rings. The van der Waals surface area contributed by atoms with Crippen LogP contribution in [-0.2, 0) is 6.18 Å². The van der Waals surface area contributed by atoms with Gasteiger partial charge in [0.05, 0.1) is 10.4 Å². The largest absolute Gasteiger partial charge is 0.416 e. The fourth-order valence-corrected chi connectivity index (χ4v) is 3.32. The Morgan fingerprint density at radius 1 is 1.20 bits per heavy atom. The van der Waals surface area contributed by atoms with E-state index in [1.807, 2.05) is 19.1 Å². The van der Waals surface area contributed by atoms with Crippen molar-refractivity contribution in [3.05, 3.63) is 57.6 Å². The second-order valence-electron chi connectivity index (χ2n) is 5.25. The van der Waals surface area contributed by atoms with Crippen LogP contribution in [0.1, 0.15) is 27.3 Å². The average molecular weight is 360 g/mol. The van der Waals surface area contributed by atoms with E-state index in [0.717, 1.165) is 27.5 Å². The van der Waals surface area contributed by atoms with Gasteiger partial charge in [-0.2, -0.15) is 28.7 Å². The number of aromatic nitrogens is 3. The third kappa shape index (κ3) is 3.61. The molecule has 25 heavy (non-hydrogen) atoms. The Morgan fingerprint density at radius 3 is 2.72 bits per heavy atom. The predicted octanol–water partition coefficient (Wildman–Crippen LogP) is 4.90. The number of rotatable bonds is 3. The first-order valence-corrected chi connectivity index (χ1v) is 7.97. The van der Waals surface area contributed by atoms with Gasteiger partial charge in [-0.15, -0.1) is 16.4 Å². The van der Waals surface area contributed by atoms with Crippen LogP contribution < -0.4 is 0 Å². The van der Waals surface area contributed by atoms with Crippen molar-refractivity contribution in [2.75, 3.05) is 0 Å². The normalized spacial score (nSPS) is 11.8. The van der Waals surface area contributed by atoms with Crippen molar-refractivity contribution < 1.29 is 13.2 Å². The molecule has 0 unspecified atom stereocenters. The lowest BCUT2D eigenvalue weighted by atomic mass is 10.1. The summed E-state index contributed by atoms with van der Waals surface area (Å²) in [6.07, 6.45) is -0.979. The fourth-order valence-electron chi connectivity index (χ4n) is 2.25. The van der Waals surface area contributed by atoms with E-state index < -0.39 is 11.7 Å². The molecule has 3 rings (SSSR count). The highest BCUT2D eigenvalue weighted by Crippen LogP contribution is 2.33. The minimum absolute atomic E-state index is 0.203. The van der Waals surface area contributed by atoms with Gasteiger partial charge in [0.15, 0.2) is 5.69 Å². The van der Waals surface area contributed by atoms with Crippen molar-refractivity contribution in [2.45, 2.75) is 13.1 Å². The highest BCUT2D eigenvalue weighted by Gasteiger charge is 2.30. The Labute approximate surface area is 145 Å². The van der Waals surface area contributed by atoms with E-state index in [2.05, 4.69) is 15.4 Å². The number of nitriles is 1. The number of hydrogen-bond donors (Lipinski definition) is 1. The fraction of sp³-hybridized carbons (Fsp3) is 0.118. The minimum atomic E-state index is -4.36. The zero-order valence-corrected chi connectivity index (χ0v) is 13.7. The summed E-state index contributed by atoms with van der Waals surface area (Å²) in [5, 5.41) is 19.2. The van der Waals surface area contributed by atoms with Gasteiger partial charge < -0.3 is 0 Å². The second kappa shape index (κ2) is 6.53. The van der Waals surface area contributed by atoms with Crippen LogP contribution in [0.5, 0.6) is 0 Å². The highest BCUT2D eigenvalue weighted by molar-refractivity contribution is 7.16. The molecule has 4 nitrogen and oxygen atoms in total. The predicted molar refractivity (Wildman–Crippen MR) is 89.5 cm³/mol. The van der Waals surface area contributed by atoms with Crippen molar-refractivity contribution in [1.29, 1.82) is 5.26 Å². The Kier molecular flexibility index (Phi) is 4.42. The standard InChI is InChI=1S/C17H11F3N4S/c1-10-7-15(16-13(9-21)22-24-23-16)25-14(10)6-5-11-3-2-4-12(8-11)17(18,19)20/h2-8H,1H3,(H,22,23,24)/b6-5+. The van der Waals surface area contributed by atoms with Gasteiger partial charge in [0.25, 0.3) is 0 Å². The molecule has 0 spiro atoms. The molecular formula is C17H11F3N4S. The molecule has 0 atom stereocenters. The third-order valence-corrected chi connectivity index (χ3v) is 4.69. The number of alkyl halides is 3. The lowest BCUT2D eigenvalue weighted by Gasteiger charge is -2.06. The van der Waals surface area contributed by atoms with E-state index in [9.17, 15) is 13.2 Å². The van der Waals surface area contributed by atoms with Gasteiger partial charge in [-0.1, -0.05) is 18.2 Å². The topological polar surface area (TPSA) is 65.4 Å². The molecule has 1 N–H and O–H groups in total. The molecule has 0 aliphatic heterocycles. The molecular weight excluding hydrogens is 349 g/mol.